The molecule has 0 unspecified atom stereocenters. The summed E-state index contributed by atoms with van der Waals surface area (Å²) >= 11 is 6.74. The Hall–Kier alpha value is -0.880. The van der Waals surface area contributed by atoms with Crippen molar-refractivity contribution in [3.05, 3.63) is 42.5 Å². The third-order valence-corrected chi connectivity index (χ3v) is 3.15. The van der Waals surface area contributed by atoms with Crippen LogP contribution in [0.1, 0.15) is 19.4 Å². The summed E-state index contributed by atoms with van der Waals surface area (Å²) in [6.07, 6.45) is 1.51. The molecule has 92 valence electrons. The van der Waals surface area contributed by atoms with Gasteiger partial charge in [-0.05, 0) is 56.5 Å². The van der Waals surface area contributed by atoms with Crippen molar-refractivity contribution in [1.82, 2.24) is 0 Å². The molecule has 1 aromatic rings. The highest BCUT2D eigenvalue weighted by molar-refractivity contribution is 9.11. The molecule has 6 heteroatoms. The van der Waals surface area contributed by atoms with Gasteiger partial charge in [0, 0.05) is 13.0 Å². The van der Waals surface area contributed by atoms with E-state index in [0.717, 1.165) is 14.5 Å². The van der Waals surface area contributed by atoms with Crippen molar-refractivity contribution in [1.29, 1.82) is 0 Å². The van der Waals surface area contributed by atoms with E-state index in [0.29, 0.717) is 12.4 Å². The largest absolute Gasteiger partial charge is 0.492 e. The first-order valence-electron chi connectivity index (χ1n) is 4.90. The quantitative estimate of drug-likeness (QED) is 0.592. The third kappa shape index (κ3) is 3.81. The van der Waals surface area contributed by atoms with Crippen LogP contribution in [0.4, 0.5) is 0 Å². The van der Waals surface area contributed by atoms with E-state index in [1.54, 1.807) is 12.1 Å². The van der Waals surface area contributed by atoms with Crippen molar-refractivity contribution in [2.24, 2.45) is 0 Å². The first kappa shape index (κ1) is 14.2. The molecular formula is C11H11Br2NO3. The molecule has 0 N–H and O–H groups in total. The predicted octanol–water partition coefficient (Wildman–Crippen LogP) is 4.25. The second-order valence-electron chi connectivity index (χ2n) is 3.29. The number of nitro groups is 1. The number of benzene rings is 1. The number of halogens is 2. The highest BCUT2D eigenvalue weighted by Crippen LogP contribution is 2.35. The van der Waals surface area contributed by atoms with Crippen LogP contribution in [0.25, 0.3) is 6.08 Å². The van der Waals surface area contributed by atoms with E-state index < -0.39 is 4.92 Å². The second kappa shape index (κ2) is 6.16. The van der Waals surface area contributed by atoms with Crippen LogP contribution in [-0.2, 0) is 0 Å². The van der Waals surface area contributed by atoms with Crippen LogP contribution in [0.2, 0.25) is 0 Å². The lowest BCUT2D eigenvalue weighted by Crippen LogP contribution is -1.95. The molecule has 0 radical (unpaired) electrons. The first-order valence-corrected chi connectivity index (χ1v) is 6.48. The van der Waals surface area contributed by atoms with Crippen molar-refractivity contribution in [3.8, 4) is 5.75 Å². The molecule has 0 aliphatic heterocycles. The lowest BCUT2D eigenvalue weighted by atomic mass is 10.2. The molecule has 0 aromatic heterocycles. The monoisotopic (exact) mass is 363 g/mol. The molecule has 0 heterocycles. The van der Waals surface area contributed by atoms with Gasteiger partial charge in [-0.3, -0.25) is 10.1 Å². The fourth-order valence-electron chi connectivity index (χ4n) is 1.24. The van der Waals surface area contributed by atoms with E-state index in [4.69, 9.17) is 4.74 Å². The van der Waals surface area contributed by atoms with E-state index in [-0.39, 0.29) is 5.70 Å². The molecule has 0 saturated carbocycles. The number of hydrogen-bond donors (Lipinski definition) is 0. The van der Waals surface area contributed by atoms with Gasteiger partial charge in [-0.1, -0.05) is 0 Å². The van der Waals surface area contributed by atoms with Gasteiger partial charge in [-0.2, -0.15) is 0 Å². The molecular weight excluding hydrogens is 354 g/mol. The summed E-state index contributed by atoms with van der Waals surface area (Å²) in [6, 6.07) is 3.56. The third-order valence-electron chi connectivity index (χ3n) is 1.97. The number of hydrogen-bond acceptors (Lipinski definition) is 3. The number of rotatable bonds is 4. The zero-order valence-corrected chi connectivity index (χ0v) is 12.5. The molecule has 0 bridgehead atoms. The van der Waals surface area contributed by atoms with Crippen LogP contribution >= 0.6 is 31.9 Å². The molecule has 4 nitrogen and oxygen atoms in total. The Morgan fingerprint density at radius 2 is 2.00 bits per heavy atom. The van der Waals surface area contributed by atoms with Crippen molar-refractivity contribution in [2.75, 3.05) is 6.61 Å². The van der Waals surface area contributed by atoms with E-state index in [1.807, 2.05) is 6.92 Å². The van der Waals surface area contributed by atoms with Crippen molar-refractivity contribution in [3.63, 3.8) is 0 Å². The normalized spacial score (nSPS) is 11.4. The van der Waals surface area contributed by atoms with Gasteiger partial charge in [-0.15, -0.1) is 0 Å². The molecule has 0 saturated heterocycles. The Labute approximate surface area is 116 Å². The molecule has 1 rings (SSSR count). The summed E-state index contributed by atoms with van der Waals surface area (Å²) in [5, 5.41) is 10.5. The van der Waals surface area contributed by atoms with Gasteiger partial charge in [0.2, 0.25) is 5.70 Å². The SMILES string of the molecule is CCOc1c(Br)cc(/C=C(/C)[N+](=O)[O-])cc1Br. The maximum absolute atomic E-state index is 10.5. The Balaban J connectivity index is 3.14. The molecule has 0 spiro atoms. The Bertz CT molecular complexity index is 449. The summed E-state index contributed by atoms with van der Waals surface area (Å²) in [4.78, 5) is 10.1. The summed E-state index contributed by atoms with van der Waals surface area (Å²) in [5.41, 5.74) is 0.828. The molecule has 0 aliphatic rings. The minimum absolute atomic E-state index is 0.0907. The topological polar surface area (TPSA) is 52.4 Å². The maximum Gasteiger partial charge on any atom is 0.243 e. The van der Waals surface area contributed by atoms with Gasteiger partial charge in [0.05, 0.1) is 20.5 Å². The Morgan fingerprint density at radius 1 is 1.47 bits per heavy atom. The first-order chi connectivity index (χ1) is 7.95. The van der Waals surface area contributed by atoms with Crippen LogP contribution < -0.4 is 4.74 Å². The lowest BCUT2D eigenvalue weighted by molar-refractivity contribution is -0.422. The fourth-order valence-corrected chi connectivity index (χ4v) is 2.69. The van der Waals surface area contributed by atoms with E-state index >= 15 is 0 Å². The van der Waals surface area contributed by atoms with E-state index in [2.05, 4.69) is 31.9 Å². The van der Waals surface area contributed by atoms with Crippen molar-refractivity contribution in [2.45, 2.75) is 13.8 Å². The zero-order chi connectivity index (χ0) is 13.0. The molecule has 17 heavy (non-hydrogen) atoms. The highest BCUT2D eigenvalue weighted by Gasteiger charge is 2.09. The fraction of sp³-hybridized carbons (Fsp3) is 0.273. The number of ether oxygens (including phenoxy) is 1. The van der Waals surface area contributed by atoms with Crippen LogP contribution in [0, 0.1) is 10.1 Å². The smallest absolute Gasteiger partial charge is 0.243 e. The van der Waals surface area contributed by atoms with Crippen LogP contribution in [0.5, 0.6) is 5.75 Å². The van der Waals surface area contributed by atoms with Crippen LogP contribution in [-0.4, -0.2) is 11.5 Å². The van der Waals surface area contributed by atoms with Gasteiger partial charge in [0.15, 0.2) is 0 Å². The number of nitrogens with zero attached hydrogens (tertiary/aromatic N) is 1. The number of allylic oxidation sites excluding steroid dienone is 1. The molecule has 1 aromatic carbocycles. The average Bonchev–Trinajstić information content (AvgIpc) is 2.23. The summed E-state index contributed by atoms with van der Waals surface area (Å²) in [6.45, 7) is 3.90. The van der Waals surface area contributed by atoms with Crippen LogP contribution in [0.15, 0.2) is 26.8 Å². The zero-order valence-electron chi connectivity index (χ0n) is 9.37. The Kier molecular flexibility index (Phi) is 5.14. The standard InChI is InChI=1S/C11H11Br2NO3/c1-3-17-11-9(12)5-8(6-10(11)13)4-7(2)14(15)16/h4-6H,3H2,1-2H3/b7-4-. The molecule has 0 atom stereocenters. The van der Waals surface area contributed by atoms with Crippen molar-refractivity contribution < 1.29 is 9.66 Å². The maximum atomic E-state index is 10.5. The Morgan fingerprint density at radius 3 is 2.41 bits per heavy atom. The van der Waals surface area contributed by atoms with Crippen molar-refractivity contribution >= 4 is 37.9 Å². The van der Waals surface area contributed by atoms with Gasteiger partial charge in [-0.25, -0.2) is 0 Å². The lowest BCUT2D eigenvalue weighted by Gasteiger charge is -2.09. The van der Waals surface area contributed by atoms with Gasteiger partial charge < -0.3 is 4.74 Å². The van der Waals surface area contributed by atoms with E-state index in [9.17, 15) is 10.1 Å². The minimum atomic E-state index is -0.418. The molecule has 0 amide bonds. The summed E-state index contributed by atoms with van der Waals surface area (Å²) in [7, 11) is 0. The molecule has 0 fully saturated rings. The minimum Gasteiger partial charge on any atom is -0.492 e. The summed E-state index contributed by atoms with van der Waals surface area (Å²) < 4.78 is 6.95. The van der Waals surface area contributed by atoms with Crippen LogP contribution in [0.3, 0.4) is 0 Å². The van der Waals surface area contributed by atoms with Gasteiger partial charge in [0.25, 0.3) is 0 Å². The summed E-state index contributed by atoms with van der Waals surface area (Å²) in [5.74, 6) is 0.698. The van der Waals surface area contributed by atoms with Gasteiger partial charge in [0.1, 0.15) is 5.75 Å². The van der Waals surface area contributed by atoms with Gasteiger partial charge >= 0.3 is 0 Å². The van der Waals surface area contributed by atoms with E-state index in [1.165, 1.54) is 13.0 Å². The molecule has 0 aliphatic carbocycles. The second-order valence-corrected chi connectivity index (χ2v) is 5.00. The predicted molar refractivity (Wildman–Crippen MR) is 73.7 cm³/mol. The highest BCUT2D eigenvalue weighted by atomic mass is 79.9. The average molecular weight is 365 g/mol.